The summed E-state index contributed by atoms with van der Waals surface area (Å²) in [6.07, 6.45) is 2.47. The van der Waals surface area contributed by atoms with Crippen LogP contribution < -0.4 is 5.32 Å². The fourth-order valence-electron chi connectivity index (χ4n) is 1.32. The van der Waals surface area contributed by atoms with Crippen LogP contribution in [0.15, 0.2) is 12.1 Å². The number of hydrogen-bond acceptors (Lipinski definition) is 4. The second-order valence-corrected chi connectivity index (χ2v) is 5.38. The molecular formula is C13H16N2O4S. The number of nitrogens with one attached hydrogen (secondary N) is 1. The van der Waals surface area contributed by atoms with E-state index in [1.54, 1.807) is 27.1 Å². The molecule has 0 aliphatic carbocycles. The third-order valence-corrected chi connectivity index (χ3v) is 3.66. The Labute approximate surface area is 120 Å². The van der Waals surface area contributed by atoms with E-state index < -0.39 is 5.97 Å². The van der Waals surface area contributed by atoms with E-state index in [-0.39, 0.29) is 18.4 Å². The Balaban J connectivity index is 2.73. The number of amides is 2. The lowest BCUT2D eigenvalue weighted by molar-refractivity contribution is -0.131. The van der Waals surface area contributed by atoms with Crippen LogP contribution in [0.5, 0.6) is 0 Å². The predicted molar refractivity (Wildman–Crippen MR) is 76.8 cm³/mol. The molecule has 0 bridgehead atoms. The maximum atomic E-state index is 11.9. The number of carbonyl (C=O) groups excluding carboxylic acids is 2. The summed E-state index contributed by atoms with van der Waals surface area (Å²) in [5.41, 5.74) is 0.816. The molecule has 1 rings (SSSR count). The zero-order valence-electron chi connectivity index (χ0n) is 11.5. The summed E-state index contributed by atoms with van der Waals surface area (Å²) >= 11 is 1.18. The van der Waals surface area contributed by atoms with Gasteiger partial charge >= 0.3 is 5.97 Å². The first-order chi connectivity index (χ1) is 9.31. The molecule has 2 N–H and O–H groups in total. The van der Waals surface area contributed by atoms with Crippen LogP contribution >= 0.6 is 11.3 Å². The minimum atomic E-state index is -1.04. The van der Waals surface area contributed by atoms with E-state index in [0.29, 0.717) is 9.75 Å². The van der Waals surface area contributed by atoms with Crippen molar-refractivity contribution in [1.82, 2.24) is 10.2 Å². The van der Waals surface area contributed by atoms with E-state index in [4.69, 9.17) is 5.11 Å². The second-order valence-electron chi connectivity index (χ2n) is 4.30. The van der Waals surface area contributed by atoms with Crippen molar-refractivity contribution in [3.05, 3.63) is 27.5 Å². The number of likely N-dealkylation sites (N-methyl/N-ethyl adjacent to an activating group) is 1. The van der Waals surface area contributed by atoms with Crippen LogP contribution in [0.3, 0.4) is 0 Å². The summed E-state index contributed by atoms with van der Waals surface area (Å²) in [5, 5.41) is 11.1. The topological polar surface area (TPSA) is 86.7 Å². The van der Waals surface area contributed by atoms with Gasteiger partial charge in [-0.25, -0.2) is 4.79 Å². The van der Waals surface area contributed by atoms with Crippen molar-refractivity contribution in [2.24, 2.45) is 0 Å². The van der Waals surface area contributed by atoms with Crippen LogP contribution in [-0.4, -0.2) is 48.4 Å². The Bertz CT molecular complexity index is 561. The zero-order chi connectivity index (χ0) is 15.3. The number of nitrogens with zero attached hydrogens (tertiary/aromatic N) is 1. The summed E-state index contributed by atoms with van der Waals surface area (Å²) < 4.78 is 0. The van der Waals surface area contributed by atoms with Crippen LogP contribution in [-0.2, 0) is 9.59 Å². The molecule has 0 spiro atoms. The molecule has 0 unspecified atom stereocenters. The highest BCUT2D eigenvalue weighted by Gasteiger charge is 2.13. The maximum Gasteiger partial charge on any atom is 0.328 e. The summed E-state index contributed by atoms with van der Waals surface area (Å²) in [5.74, 6) is -1.58. The van der Waals surface area contributed by atoms with E-state index in [1.807, 2.05) is 0 Å². The van der Waals surface area contributed by atoms with Gasteiger partial charge in [-0.1, -0.05) is 0 Å². The third kappa shape index (κ3) is 4.51. The van der Waals surface area contributed by atoms with Gasteiger partial charge in [-0.2, -0.15) is 0 Å². The SMILES string of the molecule is Cc1cc(C(=O)NCC(=O)N(C)C)sc1/C=C/C(=O)O. The molecule has 0 fully saturated rings. The number of carboxylic acids is 1. The fraction of sp³-hybridized carbons (Fsp3) is 0.308. The maximum absolute atomic E-state index is 11.9. The highest BCUT2D eigenvalue weighted by molar-refractivity contribution is 7.15. The van der Waals surface area contributed by atoms with Crippen molar-refractivity contribution in [3.8, 4) is 0 Å². The van der Waals surface area contributed by atoms with Crippen molar-refractivity contribution in [2.75, 3.05) is 20.6 Å². The fourth-order valence-corrected chi connectivity index (χ4v) is 2.32. The summed E-state index contributed by atoms with van der Waals surface area (Å²) in [7, 11) is 3.22. The molecule has 108 valence electrons. The molecular weight excluding hydrogens is 280 g/mol. The first kappa shape index (κ1) is 15.9. The number of rotatable bonds is 5. The normalized spacial score (nSPS) is 10.6. The molecule has 7 heteroatoms. The lowest BCUT2D eigenvalue weighted by Gasteiger charge is -2.10. The number of carboxylic acid groups (broad SMARTS) is 1. The van der Waals surface area contributed by atoms with Crippen LogP contribution in [0.25, 0.3) is 6.08 Å². The lowest BCUT2D eigenvalue weighted by atomic mass is 10.2. The van der Waals surface area contributed by atoms with Gasteiger partial charge in [-0.05, 0) is 24.6 Å². The summed E-state index contributed by atoms with van der Waals surface area (Å²) in [4.78, 5) is 36.2. The zero-order valence-corrected chi connectivity index (χ0v) is 12.3. The van der Waals surface area contributed by atoms with Crippen LogP contribution in [0.4, 0.5) is 0 Å². The molecule has 1 heterocycles. The van der Waals surface area contributed by atoms with E-state index in [9.17, 15) is 14.4 Å². The smallest absolute Gasteiger partial charge is 0.328 e. The van der Waals surface area contributed by atoms with E-state index in [2.05, 4.69) is 5.32 Å². The molecule has 0 saturated heterocycles. The molecule has 0 aliphatic rings. The standard InChI is InChI=1S/C13H16N2O4S/c1-8-6-10(20-9(8)4-5-12(17)18)13(19)14-7-11(16)15(2)3/h4-6H,7H2,1-3H3,(H,14,19)(H,17,18)/b5-4+. The molecule has 6 nitrogen and oxygen atoms in total. The highest BCUT2D eigenvalue weighted by Crippen LogP contribution is 2.23. The molecule has 20 heavy (non-hydrogen) atoms. The highest BCUT2D eigenvalue weighted by atomic mass is 32.1. The number of hydrogen-bond donors (Lipinski definition) is 2. The van der Waals surface area contributed by atoms with Crippen LogP contribution in [0.2, 0.25) is 0 Å². The van der Waals surface area contributed by atoms with Gasteiger partial charge in [0.25, 0.3) is 5.91 Å². The summed E-state index contributed by atoms with van der Waals surface area (Å²) in [6.45, 7) is 1.73. The average molecular weight is 296 g/mol. The first-order valence-corrected chi connectivity index (χ1v) is 6.62. The minimum absolute atomic E-state index is 0.0664. The second kappa shape index (κ2) is 6.85. The summed E-state index contributed by atoms with van der Waals surface area (Å²) in [6, 6.07) is 1.67. The molecule has 0 radical (unpaired) electrons. The Kier molecular flexibility index (Phi) is 5.45. The van der Waals surface area contributed by atoms with Gasteiger partial charge in [-0.15, -0.1) is 11.3 Å². The monoisotopic (exact) mass is 296 g/mol. The predicted octanol–water partition coefficient (Wildman–Crippen LogP) is 0.972. The number of aryl methyl sites for hydroxylation is 1. The largest absolute Gasteiger partial charge is 0.478 e. The Morgan fingerprint density at radius 2 is 2.05 bits per heavy atom. The van der Waals surface area contributed by atoms with Gasteiger partial charge in [0.2, 0.25) is 5.91 Å². The molecule has 0 aliphatic heterocycles. The van der Waals surface area contributed by atoms with Crippen molar-refractivity contribution in [1.29, 1.82) is 0 Å². The van der Waals surface area contributed by atoms with Gasteiger partial charge in [0.15, 0.2) is 0 Å². The van der Waals surface area contributed by atoms with Crippen LogP contribution in [0, 0.1) is 6.92 Å². The molecule has 1 aromatic rings. The van der Waals surface area contributed by atoms with E-state index in [1.165, 1.54) is 22.3 Å². The van der Waals surface area contributed by atoms with Gasteiger partial charge in [0.05, 0.1) is 11.4 Å². The third-order valence-electron chi connectivity index (χ3n) is 2.46. The van der Waals surface area contributed by atoms with Gasteiger partial charge < -0.3 is 15.3 Å². The Hall–Kier alpha value is -2.15. The number of thiophene rings is 1. The van der Waals surface area contributed by atoms with Crippen molar-refractivity contribution in [3.63, 3.8) is 0 Å². The quantitative estimate of drug-likeness (QED) is 0.793. The van der Waals surface area contributed by atoms with Gasteiger partial charge in [-0.3, -0.25) is 9.59 Å². The average Bonchev–Trinajstić information content (AvgIpc) is 2.74. The van der Waals surface area contributed by atoms with E-state index >= 15 is 0 Å². The molecule has 0 atom stereocenters. The number of carbonyl (C=O) groups is 3. The molecule has 2 amide bonds. The molecule has 0 aromatic carbocycles. The minimum Gasteiger partial charge on any atom is -0.478 e. The van der Waals surface area contributed by atoms with Crippen molar-refractivity contribution in [2.45, 2.75) is 6.92 Å². The van der Waals surface area contributed by atoms with Gasteiger partial charge in [0.1, 0.15) is 0 Å². The number of aliphatic carboxylic acids is 1. The van der Waals surface area contributed by atoms with Crippen molar-refractivity contribution < 1.29 is 19.5 Å². The Morgan fingerprint density at radius 3 is 2.60 bits per heavy atom. The van der Waals surface area contributed by atoms with Crippen molar-refractivity contribution >= 4 is 35.2 Å². The molecule has 0 saturated carbocycles. The van der Waals surface area contributed by atoms with E-state index in [0.717, 1.165) is 11.6 Å². The van der Waals surface area contributed by atoms with Gasteiger partial charge in [0, 0.05) is 25.0 Å². The lowest BCUT2D eigenvalue weighted by Crippen LogP contribution is -2.35. The molecule has 1 aromatic heterocycles. The Morgan fingerprint density at radius 1 is 1.40 bits per heavy atom. The first-order valence-electron chi connectivity index (χ1n) is 5.81. The van der Waals surface area contributed by atoms with Crippen LogP contribution in [0.1, 0.15) is 20.1 Å².